The third kappa shape index (κ3) is 5.78. The van der Waals surface area contributed by atoms with Crippen molar-refractivity contribution in [2.45, 2.75) is 44.6 Å². The summed E-state index contributed by atoms with van der Waals surface area (Å²) in [5.41, 5.74) is 10.3. The molecule has 37 heavy (non-hydrogen) atoms. The number of H-pyrrole nitrogens is 1. The zero-order chi connectivity index (χ0) is 26.0. The molecule has 5 rings (SSSR count). The van der Waals surface area contributed by atoms with E-state index < -0.39 is 15.9 Å². The number of piperidine rings is 1. The van der Waals surface area contributed by atoms with Crippen LogP contribution in [0.15, 0.2) is 29.8 Å². The van der Waals surface area contributed by atoms with Crippen LogP contribution < -0.4 is 5.73 Å². The van der Waals surface area contributed by atoms with Gasteiger partial charge in [-0.2, -0.15) is 0 Å². The second kappa shape index (κ2) is 11.2. The summed E-state index contributed by atoms with van der Waals surface area (Å²) in [6.45, 7) is 4.73. The molecule has 2 aliphatic rings. The summed E-state index contributed by atoms with van der Waals surface area (Å²) in [6.07, 6.45) is 6.50. The summed E-state index contributed by atoms with van der Waals surface area (Å²) in [6, 6.07) is 6.28. The Labute approximate surface area is 222 Å². The lowest BCUT2D eigenvalue weighted by molar-refractivity contribution is 0.100. The van der Waals surface area contributed by atoms with Gasteiger partial charge >= 0.3 is 0 Å². The van der Waals surface area contributed by atoms with Gasteiger partial charge in [-0.25, -0.2) is 12.7 Å². The minimum absolute atomic E-state index is 0.115. The monoisotopic (exact) mass is 544 g/mol. The molecule has 2 aromatic heterocycles. The van der Waals surface area contributed by atoms with Crippen LogP contribution in [0.5, 0.6) is 0 Å². The van der Waals surface area contributed by atoms with Crippen molar-refractivity contribution in [2.24, 2.45) is 5.73 Å². The highest BCUT2D eigenvalue weighted by molar-refractivity contribution is 7.89. The van der Waals surface area contributed by atoms with Crippen molar-refractivity contribution in [1.29, 1.82) is 0 Å². The lowest BCUT2D eigenvalue weighted by Crippen LogP contribution is -2.39. The smallest absolute Gasteiger partial charge is 0.250 e. The van der Waals surface area contributed by atoms with Gasteiger partial charge in [0.05, 0.1) is 16.8 Å². The molecule has 3 aromatic rings. The number of aromatic nitrogens is 1. The maximum Gasteiger partial charge on any atom is 0.250 e. The summed E-state index contributed by atoms with van der Waals surface area (Å²) in [7, 11) is -1.69. The van der Waals surface area contributed by atoms with Crippen molar-refractivity contribution in [1.82, 2.24) is 14.2 Å². The second-order valence-electron chi connectivity index (χ2n) is 10.2. The van der Waals surface area contributed by atoms with Gasteiger partial charge in [-0.1, -0.05) is 0 Å². The lowest BCUT2D eigenvalue weighted by Gasteiger charge is -2.31. The molecule has 2 aliphatic heterocycles. The van der Waals surface area contributed by atoms with E-state index in [9.17, 15) is 13.2 Å². The molecule has 0 aliphatic carbocycles. The quantitative estimate of drug-likeness (QED) is 0.373. The van der Waals surface area contributed by atoms with Crippen molar-refractivity contribution in [3.63, 3.8) is 0 Å². The van der Waals surface area contributed by atoms with E-state index in [-0.39, 0.29) is 11.7 Å². The summed E-state index contributed by atoms with van der Waals surface area (Å²) in [4.78, 5) is 19.5. The average molecular weight is 545 g/mol. The first-order valence-corrected chi connectivity index (χ1v) is 15.6. The Balaban J connectivity index is 1.38. The second-order valence-corrected chi connectivity index (χ2v) is 13.3. The molecule has 8 nitrogen and oxygen atoms in total. The minimum Gasteiger partial charge on any atom is -0.385 e. The first kappa shape index (κ1) is 26.4. The lowest BCUT2D eigenvalue weighted by atomic mass is 9.88. The third-order valence-electron chi connectivity index (χ3n) is 7.69. The minimum atomic E-state index is -3.28. The van der Waals surface area contributed by atoms with Gasteiger partial charge in [-0.3, -0.25) is 9.69 Å². The van der Waals surface area contributed by atoms with Gasteiger partial charge in [0.2, 0.25) is 10.0 Å². The molecular formula is C27H36N4O4S2. The van der Waals surface area contributed by atoms with Crippen LogP contribution in [0.1, 0.15) is 58.8 Å². The number of hydrogen-bond acceptors (Lipinski definition) is 6. The van der Waals surface area contributed by atoms with Crippen LogP contribution in [0.2, 0.25) is 0 Å². The number of thiophene rings is 1. The molecule has 0 atom stereocenters. The first-order chi connectivity index (χ1) is 17.9. The van der Waals surface area contributed by atoms with Crippen molar-refractivity contribution in [2.75, 3.05) is 45.6 Å². The van der Waals surface area contributed by atoms with Gasteiger partial charge in [-0.05, 0) is 91.4 Å². The van der Waals surface area contributed by atoms with Gasteiger partial charge in [0.25, 0.3) is 5.91 Å². The highest BCUT2D eigenvalue weighted by Crippen LogP contribution is 2.38. The van der Waals surface area contributed by atoms with Crippen molar-refractivity contribution in [3.05, 3.63) is 45.8 Å². The highest BCUT2D eigenvalue weighted by atomic mass is 32.2. The van der Waals surface area contributed by atoms with Crippen LogP contribution in [0.3, 0.4) is 0 Å². The van der Waals surface area contributed by atoms with Crippen molar-refractivity contribution in [3.8, 4) is 11.1 Å². The van der Waals surface area contributed by atoms with Crippen LogP contribution in [0.25, 0.3) is 22.0 Å². The molecule has 1 aromatic carbocycles. The Hall–Kier alpha value is -2.24. The summed E-state index contributed by atoms with van der Waals surface area (Å²) < 4.78 is 32.0. The molecule has 0 radical (unpaired) electrons. The standard InChI is InChI=1S/C27H36N4O4S2/c1-35-11-4-12-37(33,34)31-9-5-19(6-10-31)25-16-29-26-23(25)14-20(15-24(26)27(28)32)21-13-22(36-18-21)17-30-7-2-3-8-30/h13-16,18-19,29H,2-12,17H2,1H3,(H2,28,32). The van der Waals surface area contributed by atoms with Gasteiger partial charge in [0.1, 0.15) is 0 Å². The number of likely N-dealkylation sites (tertiary alicyclic amines) is 1. The zero-order valence-corrected chi connectivity index (χ0v) is 23.0. The number of ether oxygens (including phenoxy) is 1. The fraction of sp³-hybridized carbons (Fsp3) is 0.519. The Morgan fingerprint density at radius 1 is 1.14 bits per heavy atom. The van der Waals surface area contributed by atoms with Gasteiger partial charge in [0, 0.05) is 49.8 Å². The van der Waals surface area contributed by atoms with Crippen LogP contribution >= 0.6 is 11.3 Å². The average Bonchev–Trinajstić information content (AvgIpc) is 3.65. The van der Waals surface area contributed by atoms with Crippen LogP contribution in [0.4, 0.5) is 0 Å². The largest absolute Gasteiger partial charge is 0.385 e. The van der Waals surface area contributed by atoms with E-state index in [0.29, 0.717) is 31.7 Å². The maximum absolute atomic E-state index is 12.7. The van der Waals surface area contributed by atoms with Gasteiger partial charge in [-0.15, -0.1) is 11.3 Å². The summed E-state index contributed by atoms with van der Waals surface area (Å²) in [5, 5.41) is 3.16. The van der Waals surface area contributed by atoms with E-state index >= 15 is 0 Å². The Bertz CT molecular complexity index is 1350. The molecule has 2 saturated heterocycles. The number of aromatic amines is 1. The SMILES string of the molecule is COCCCS(=O)(=O)N1CCC(c2c[nH]c3c(C(N)=O)cc(-c4csc(CN5CCCC5)c4)cc23)CC1. The van der Waals surface area contributed by atoms with E-state index in [2.05, 4.69) is 27.4 Å². The summed E-state index contributed by atoms with van der Waals surface area (Å²) >= 11 is 1.76. The molecule has 10 heteroatoms. The number of carbonyl (C=O) groups is 1. The van der Waals surface area contributed by atoms with Crippen LogP contribution in [-0.4, -0.2) is 74.2 Å². The molecule has 2 fully saturated rings. The highest BCUT2D eigenvalue weighted by Gasteiger charge is 2.30. The fourth-order valence-corrected chi connectivity index (χ4v) is 8.13. The van der Waals surface area contributed by atoms with E-state index in [0.717, 1.165) is 60.1 Å². The number of nitrogens with zero attached hydrogens (tertiary/aromatic N) is 2. The van der Waals surface area contributed by atoms with Crippen LogP contribution in [0, 0.1) is 0 Å². The predicted octanol–water partition coefficient (Wildman–Crippen LogP) is 4.14. The molecule has 1 amide bonds. The van der Waals surface area contributed by atoms with E-state index in [1.54, 1.807) is 22.8 Å². The maximum atomic E-state index is 12.7. The Morgan fingerprint density at radius 3 is 2.59 bits per heavy atom. The van der Waals surface area contributed by atoms with Crippen molar-refractivity contribution < 1.29 is 17.9 Å². The number of amides is 1. The van der Waals surface area contributed by atoms with E-state index in [1.807, 2.05) is 12.3 Å². The first-order valence-electron chi connectivity index (χ1n) is 13.1. The number of benzene rings is 1. The number of rotatable bonds is 10. The number of sulfonamides is 1. The number of nitrogens with two attached hydrogens (primary N) is 1. The molecular weight excluding hydrogens is 508 g/mol. The van der Waals surface area contributed by atoms with E-state index in [1.165, 1.54) is 17.7 Å². The predicted molar refractivity (Wildman–Crippen MR) is 148 cm³/mol. The number of fused-ring (bicyclic) bond motifs is 1. The molecule has 0 bridgehead atoms. The number of methoxy groups -OCH3 is 1. The Morgan fingerprint density at radius 2 is 1.89 bits per heavy atom. The van der Waals surface area contributed by atoms with Gasteiger partial charge < -0.3 is 15.5 Å². The van der Waals surface area contributed by atoms with E-state index in [4.69, 9.17) is 10.5 Å². The molecule has 0 unspecified atom stereocenters. The molecule has 4 heterocycles. The molecule has 3 N–H and O–H groups in total. The number of hydrogen-bond donors (Lipinski definition) is 2. The molecule has 0 saturated carbocycles. The van der Waals surface area contributed by atoms with Crippen molar-refractivity contribution >= 4 is 38.2 Å². The zero-order valence-electron chi connectivity index (χ0n) is 21.4. The number of carbonyl (C=O) groups excluding carboxylic acids is 1. The fourth-order valence-electron chi connectivity index (χ4n) is 5.69. The number of primary amides is 1. The van der Waals surface area contributed by atoms with Crippen LogP contribution in [-0.2, 0) is 21.3 Å². The van der Waals surface area contributed by atoms with Gasteiger partial charge in [0.15, 0.2) is 0 Å². The molecule has 200 valence electrons. The topological polar surface area (TPSA) is 109 Å². The third-order valence-corrected chi connectivity index (χ3v) is 10.6. The summed E-state index contributed by atoms with van der Waals surface area (Å²) in [5.74, 6) is -0.127. The number of nitrogens with one attached hydrogen (secondary N) is 1. The Kier molecular flexibility index (Phi) is 8.02. The molecule has 0 spiro atoms. The normalized spacial score (nSPS) is 18.2.